The summed E-state index contributed by atoms with van der Waals surface area (Å²) in [6.45, 7) is 6.52. The first-order valence-electron chi connectivity index (χ1n) is 6.60. The molecular formula is C17H19BrFN. The van der Waals surface area contributed by atoms with Crippen molar-refractivity contribution in [1.82, 2.24) is 0 Å². The van der Waals surface area contributed by atoms with E-state index >= 15 is 0 Å². The van der Waals surface area contributed by atoms with Gasteiger partial charge in [0.25, 0.3) is 0 Å². The van der Waals surface area contributed by atoms with Crippen molar-refractivity contribution in [3.05, 3.63) is 69.4 Å². The molecule has 0 spiro atoms. The molecule has 0 saturated carbocycles. The molecule has 0 saturated heterocycles. The number of hydrogen-bond acceptors (Lipinski definition) is 1. The van der Waals surface area contributed by atoms with Crippen LogP contribution in [-0.4, -0.2) is 0 Å². The zero-order valence-corrected chi connectivity index (χ0v) is 13.5. The van der Waals surface area contributed by atoms with Crippen molar-refractivity contribution in [1.29, 1.82) is 0 Å². The molecule has 106 valence electrons. The van der Waals surface area contributed by atoms with Gasteiger partial charge in [0.05, 0.1) is 10.5 Å². The molecule has 0 heterocycles. The van der Waals surface area contributed by atoms with Crippen molar-refractivity contribution in [2.75, 3.05) is 0 Å². The third-order valence-electron chi connectivity index (χ3n) is 3.45. The zero-order valence-electron chi connectivity index (χ0n) is 12.0. The Morgan fingerprint density at radius 1 is 1.05 bits per heavy atom. The third kappa shape index (κ3) is 3.10. The van der Waals surface area contributed by atoms with Gasteiger partial charge in [0, 0.05) is 0 Å². The fourth-order valence-electron chi connectivity index (χ4n) is 2.13. The molecule has 1 nitrogen and oxygen atoms in total. The van der Waals surface area contributed by atoms with Crippen molar-refractivity contribution in [3.8, 4) is 0 Å². The monoisotopic (exact) mass is 335 g/mol. The lowest BCUT2D eigenvalue weighted by atomic mass is 9.86. The third-order valence-corrected chi connectivity index (χ3v) is 4.29. The highest BCUT2D eigenvalue weighted by Crippen LogP contribution is 2.30. The molecule has 2 rings (SSSR count). The molecule has 0 amide bonds. The van der Waals surface area contributed by atoms with Gasteiger partial charge in [-0.3, -0.25) is 0 Å². The van der Waals surface area contributed by atoms with Gasteiger partial charge in [0.2, 0.25) is 0 Å². The normalized spacial score (nSPS) is 13.3. The molecule has 0 radical (unpaired) electrons. The van der Waals surface area contributed by atoms with E-state index in [0.29, 0.717) is 4.47 Å². The van der Waals surface area contributed by atoms with E-state index in [4.69, 9.17) is 5.73 Å². The lowest BCUT2D eigenvalue weighted by molar-refractivity contribution is 0.589. The van der Waals surface area contributed by atoms with Crippen LogP contribution in [0, 0.1) is 5.82 Å². The van der Waals surface area contributed by atoms with E-state index in [1.54, 1.807) is 6.07 Å². The predicted octanol–water partition coefficient (Wildman–Crippen LogP) is 4.93. The summed E-state index contributed by atoms with van der Waals surface area (Å²) in [6, 6.07) is 12.8. The topological polar surface area (TPSA) is 26.0 Å². The van der Waals surface area contributed by atoms with Crippen LogP contribution in [-0.2, 0) is 5.41 Å². The summed E-state index contributed by atoms with van der Waals surface area (Å²) >= 11 is 3.27. The van der Waals surface area contributed by atoms with E-state index in [9.17, 15) is 4.39 Å². The fourth-order valence-corrected chi connectivity index (χ4v) is 2.64. The number of halogens is 2. The second kappa shape index (κ2) is 5.66. The molecule has 0 fully saturated rings. The average molecular weight is 336 g/mol. The highest BCUT2D eigenvalue weighted by molar-refractivity contribution is 9.10. The fraction of sp³-hybridized carbons (Fsp3) is 0.294. The Morgan fingerprint density at radius 3 is 2.20 bits per heavy atom. The summed E-state index contributed by atoms with van der Waals surface area (Å²) in [7, 11) is 0. The van der Waals surface area contributed by atoms with Gasteiger partial charge in [-0.1, -0.05) is 57.2 Å². The minimum absolute atomic E-state index is 0.113. The molecule has 0 aliphatic heterocycles. The Hall–Kier alpha value is -1.19. The molecular weight excluding hydrogens is 317 g/mol. The minimum Gasteiger partial charge on any atom is -0.320 e. The molecule has 2 aromatic rings. The SMILES string of the molecule is CC(C)(C)c1ccc(C(N)c2cccc(F)c2Br)cc1. The van der Waals surface area contributed by atoms with Crippen LogP contribution in [0.4, 0.5) is 4.39 Å². The lowest BCUT2D eigenvalue weighted by Gasteiger charge is -2.21. The standard InChI is InChI=1S/C17H19BrFN/c1-17(2,3)12-9-7-11(8-10-12)16(20)13-5-4-6-14(19)15(13)18/h4-10,16H,20H2,1-3H3. The first-order valence-corrected chi connectivity index (χ1v) is 7.40. The number of nitrogens with two attached hydrogens (primary N) is 1. The molecule has 0 bridgehead atoms. The molecule has 20 heavy (non-hydrogen) atoms. The Kier molecular flexibility index (Phi) is 4.31. The van der Waals surface area contributed by atoms with Crippen LogP contribution in [0.2, 0.25) is 0 Å². The number of hydrogen-bond donors (Lipinski definition) is 1. The van der Waals surface area contributed by atoms with E-state index in [2.05, 4.69) is 48.8 Å². The highest BCUT2D eigenvalue weighted by Gasteiger charge is 2.17. The highest BCUT2D eigenvalue weighted by atomic mass is 79.9. The van der Waals surface area contributed by atoms with Gasteiger partial charge >= 0.3 is 0 Å². The summed E-state index contributed by atoms with van der Waals surface area (Å²) in [5.41, 5.74) is 9.35. The second-order valence-electron chi connectivity index (χ2n) is 5.99. The summed E-state index contributed by atoms with van der Waals surface area (Å²) in [4.78, 5) is 0. The Morgan fingerprint density at radius 2 is 1.65 bits per heavy atom. The van der Waals surface area contributed by atoms with Gasteiger partial charge in [-0.15, -0.1) is 0 Å². The van der Waals surface area contributed by atoms with Crippen molar-refractivity contribution in [2.45, 2.75) is 32.2 Å². The van der Waals surface area contributed by atoms with E-state index in [0.717, 1.165) is 11.1 Å². The Labute approximate surface area is 128 Å². The van der Waals surface area contributed by atoms with Gasteiger partial charge in [-0.05, 0) is 44.1 Å². The van der Waals surface area contributed by atoms with Gasteiger partial charge in [0.1, 0.15) is 5.82 Å². The molecule has 1 atom stereocenters. The first kappa shape index (κ1) is 15.2. The maximum Gasteiger partial charge on any atom is 0.137 e. The van der Waals surface area contributed by atoms with Gasteiger partial charge in [0.15, 0.2) is 0 Å². The van der Waals surface area contributed by atoms with E-state index in [1.165, 1.54) is 11.6 Å². The van der Waals surface area contributed by atoms with Crippen molar-refractivity contribution < 1.29 is 4.39 Å². The average Bonchev–Trinajstić information content (AvgIpc) is 2.40. The van der Waals surface area contributed by atoms with E-state index < -0.39 is 0 Å². The molecule has 2 N–H and O–H groups in total. The number of benzene rings is 2. The summed E-state index contributed by atoms with van der Waals surface area (Å²) in [6.07, 6.45) is 0. The lowest BCUT2D eigenvalue weighted by Crippen LogP contribution is -2.15. The van der Waals surface area contributed by atoms with Crippen LogP contribution in [0.5, 0.6) is 0 Å². The van der Waals surface area contributed by atoms with Crippen LogP contribution >= 0.6 is 15.9 Å². The second-order valence-corrected chi connectivity index (χ2v) is 6.79. The molecule has 3 heteroatoms. The van der Waals surface area contributed by atoms with Gasteiger partial charge < -0.3 is 5.73 Å². The van der Waals surface area contributed by atoms with E-state index in [1.807, 2.05) is 18.2 Å². The molecule has 0 aliphatic carbocycles. The maximum absolute atomic E-state index is 13.6. The van der Waals surface area contributed by atoms with Crippen molar-refractivity contribution >= 4 is 15.9 Å². The predicted molar refractivity (Wildman–Crippen MR) is 85.3 cm³/mol. The summed E-state index contributed by atoms with van der Waals surface area (Å²) in [5.74, 6) is -0.288. The van der Waals surface area contributed by atoms with Gasteiger partial charge in [-0.2, -0.15) is 0 Å². The molecule has 0 aliphatic rings. The number of rotatable bonds is 2. The molecule has 0 aromatic heterocycles. The van der Waals surface area contributed by atoms with Crippen LogP contribution < -0.4 is 5.73 Å². The minimum atomic E-state index is -0.339. The quantitative estimate of drug-likeness (QED) is 0.826. The van der Waals surface area contributed by atoms with Crippen LogP contribution in [0.1, 0.15) is 43.5 Å². The van der Waals surface area contributed by atoms with Crippen molar-refractivity contribution in [2.24, 2.45) is 5.73 Å². The van der Waals surface area contributed by atoms with Crippen LogP contribution in [0.3, 0.4) is 0 Å². The molecule has 1 unspecified atom stereocenters. The smallest absolute Gasteiger partial charge is 0.137 e. The van der Waals surface area contributed by atoms with Crippen LogP contribution in [0.15, 0.2) is 46.9 Å². The van der Waals surface area contributed by atoms with Crippen LogP contribution in [0.25, 0.3) is 0 Å². The van der Waals surface area contributed by atoms with Gasteiger partial charge in [-0.25, -0.2) is 4.39 Å². The first-order chi connectivity index (χ1) is 9.30. The Balaban J connectivity index is 2.34. The zero-order chi connectivity index (χ0) is 14.9. The molecule has 2 aromatic carbocycles. The summed E-state index contributed by atoms with van der Waals surface area (Å²) < 4.78 is 14.0. The maximum atomic E-state index is 13.6. The summed E-state index contributed by atoms with van der Waals surface area (Å²) in [5, 5.41) is 0. The van der Waals surface area contributed by atoms with E-state index in [-0.39, 0.29) is 17.3 Å². The largest absolute Gasteiger partial charge is 0.320 e. The Bertz CT molecular complexity index is 599. The van der Waals surface area contributed by atoms with Crippen molar-refractivity contribution in [3.63, 3.8) is 0 Å².